The Labute approximate surface area is 209 Å². The van der Waals surface area contributed by atoms with Gasteiger partial charge < -0.3 is 20.6 Å². The third-order valence-electron chi connectivity index (χ3n) is 7.48. The van der Waals surface area contributed by atoms with Crippen molar-refractivity contribution in [3.05, 3.63) is 48.0 Å². The van der Waals surface area contributed by atoms with Crippen LogP contribution in [-0.2, 0) is 20.8 Å². The van der Waals surface area contributed by atoms with E-state index in [9.17, 15) is 19.5 Å². The summed E-state index contributed by atoms with van der Waals surface area (Å²) in [6.45, 7) is 4.47. The molecule has 1 aromatic rings. The molecule has 0 saturated carbocycles. The summed E-state index contributed by atoms with van der Waals surface area (Å²) in [5.41, 5.74) is 0.985. The van der Waals surface area contributed by atoms with Crippen LogP contribution < -0.4 is 10.6 Å². The van der Waals surface area contributed by atoms with Crippen molar-refractivity contribution in [2.75, 3.05) is 20.2 Å². The van der Waals surface area contributed by atoms with E-state index in [-0.39, 0.29) is 30.2 Å². The molecule has 3 N–H and O–H groups in total. The number of aliphatic hydroxyl groups excluding tert-OH is 1. The van der Waals surface area contributed by atoms with Crippen LogP contribution in [0.25, 0.3) is 0 Å². The van der Waals surface area contributed by atoms with Gasteiger partial charge in [0, 0.05) is 19.5 Å². The average Bonchev–Trinajstić information content (AvgIpc) is 3.17. The molecule has 0 spiro atoms. The van der Waals surface area contributed by atoms with Crippen LogP contribution in [0.5, 0.6) is 0 Å². The van der Waals surface area contributed by atoms with E-state index in [0.717, 1.165) is 37.7 Å². The van der Waals surface area contributed by atoms with Crippen LogP contribution in [0.15, 0.2) is 42.5 Å². The Kier molecular flexibility index (Phi) is 9.90. The Bertz CT molecular complexity index is 887. The number of carbonyl (C=O) groups is 3. The molecular weight excluding hydrogens is 442 g/mol. The monoisotopic (exact) mass is 483 g/mol. The molecule has 7 heteroatoms. The molecule has 0 radical (unpaired) electrons. The second kappa shape index (κ2) is 12.9. The maximum absolute atomic E-state index is 14.0. The van der Waals surface area contributed by atoms with Crippen molar-refractivity contribution in [1.29, 1.82) is 0 Å². The highest BCUT2D eigenvalue weighted by atomic mass is 16.3. The summed E-state index contributed by atoms with van der Waals surface area (Å²) >= 11 is 0. The number of nitrogens with zero attached hydrogens (tertiary/aromatic N) is 1. The van der Waals surface area contributed by atoms with Gasteiger partial charge in [-0.2, -0.15) is 0 Å². The van der Waals surface area contributed by atoms with Crippen molar-refractivity contribution in [2.24, 2.45) is 23.7 Å². The van der Waals surface area contributed by atoms with E-state index < -0.39 is 29.8 Å². The lowest BCUT2D eigenvalue weighted by molar-refractivity contribution is -0.143. The van der Waals surface area contributed by atoms with Crippen LogP contribution >= 0.6 is 0 Å². The zero-order valence-corrected chi connectivity index (χ0v) is 21.3. The highest BCUT2D eigenvalue weighted by molar-refractivity contribution is 5.97. The first-order valence-electron chi connectivity index (χ1n) is 13.1. The molecule has 192 valence electrons. The number of allylic oxidation sites excluding steroid dienone is 1. The van der Waals surface area contributed by atoms with Gasteiger partial charge in [0.25, 0.3) is 0 Å². The largest absolute Gasteiger partial charge is 0.394 e. The van der Waals surface area contributed by atoms with Crippen LogP contribution in [0.3, 0.4) is 0 Å². The summed E-state index contributed by atoms with van der Waals surface area (Å²) in [6.07, 6.45) is 9.09. The van der Waals surface area contributed by atoms with Crippen molar-refractivity contribution >= 4 is 17.7 Å². The number of unbranched alkanes of at least 4 members (excludes halogenated alkanes) is 2. The molecule has 2 aliphatic rings. The minimum Gasteiger partial charge on any atom is -0.394 e. The molecule has 0 bridgehead atoms. The second-order valence-corrected chi connectivity index (χ2v) is 9.80. The molecule has 1 aliphatic heterocycles. The van der Waals surface area contributed by atoms with E-state index in [4.69, 9.17) is 0 Å². The molecule has 1 saturated heterocycles. The normalized spacial score (nSPS) is 26.3. The molecule has 3 amide bonds. The van der Waals surface area contributed by atoms with Gasteiger partial charge in [0.2, 0.25) is 17.7 Å². The third kappa shape index (κ3) is 5.95. The highest BCUT2D eigenvalue weighted by Crippen LogP contribution is 2.46. The quantitative estimate of drug-likeness (QED) is 0.314. The number of likely N-dealkylation sites (tertiary alicyclic amines) is 1. The third-order valence-corrected chi connectivity index (χ3v) is 7.48. The van der Waals surface area contributed by atoms with Gasteiger partial charge in [-0.3, -0.25) is 14.4 Å². The van der Waals surface area contributed by atoms with Gasteiger partial charge in [0.1, 0.15) is 6.04 Å². The Morgan fingerprint density at radius 3 is 2.43 bits per heavy atom. The number of carbonyl (C=O) groups excluding carboxylic acids is 3. The number of hydrogen-bond acceptors (Lipinski definition) is 4. The summed E-state index contributed by atoms with van der Waals surface area (Å²) in [4.78, 5) is 42.2. The van der Waals surface area contributed by atoms with Gasteiger partial charge in [-0.05, 0) is 30.7 Å². The predicted octanol–water partition coefficient (Wildman–Crippen LogP) is 2.69. The van der Waals surface area contributed by atoms with Crippen LogP contribution in [0.4, 0.5) is 0 Å². The minimum atomic E-state index is -0.749. The van der Waals surface area contributed by atoms with Crippen molar-refractivity contribution in [2.45, 2.75) is 64.5 Å². The summed E-state index contributed by atoms with van der Waals surface area (Å²) < 4.78 is 0. The number of nitrogens with one attached hydrogen (secondary N) is 2. The van der Waals surface area contributed by atoms with E-state index in [0.29, 0.717) is 13.0 Å². The molecule has 1 aliphatic carbocycles. The topological polar surface area (TPSA) is 98.7 Å². The van der Waals surface area contributed by atoms with Gasteiger partial charge in [-0.15, -0.1) is 0 Å². The molecule has 1 aromatic carbocycles. The molecule has 3 rings (SSSR count). The van der Waals surface area contributed by atoms with Gasteiger partial charge in [-0.25, -0.2) is 0 Å². The van der Waals surface area contributed by atoms with E-state index in [2.05, 4.69) is 24.5 Å². The highest BCUT2D eigenvalue weighted by Gasteiger charge is 2.58. The lowest BCUT2D eigenvalue weighted by Gasteiger charge is -2.34. The maximum Gasteiger partial charge on any atom is 0.243 e. The summed E-state index contributed by atoms with van der Waals surface area (Å²) in [6, 6.07) is 8.39. The fourth-order valence-electron chi connectivity index (χ4n) is 5.80. The van der Waals surface area contributed by atoms with Gasteiger partial charge in [0.15, 0.2) is 0 Å². The van der Waals surface area contributed by atoms with Crippen LogP contribution in [0, 0.1) is 23.7 Å². The van der Waals surface area contributed by atoms with Crippen molar-refractivity contribution in [3.8, 4) is 0 Å². The summed E-state index contributed by atoms with van der Waals surface area (Å²) in [7, 11) is 1.60. The van der Waals surface area contributed by atoms with Gasteiger partial charge >= 0.3 is 0 Å². The molecule has 1 heterocycles. The maximum atomic E-state index is 14.0. The molecule has 6 atom stereocenters. The number of amides is 3. The van der Waals surface area contributed by atoms with Crippen LogP contribution in [0.2, 0.25) is 0 Å². The minimum absolute atomic E-state index is 0.0555. The number of rotatable bonds is 12. The van der Waals surface area contributed by atoms with Gasteiger partial charge in [0.05, 0.1) is 24.5 Å². The van der Waals surface area contributed by atoms with Crippen molar-refractivity contribution in [3.63, 3.8) is 0 Å². The Morgan fingerprint density at radius 1 is 1.06 bits per heavy atom. The Balaban J connectivity index is 1.98. The molecule has 7 nitrogen and oxygen atoms in total. The van der Waals surface area contributed by atoms with E-state index in [1.807, 2.05) is 42.5 Å². The number of benzene rings is 1. The first-order valence-corrected chi connectivity index (χ1v) is 13.1. The molecule has 1 fully saturated rings. The molecule has 0 aromatic heterocycles. The summed E-state index contributed by atoms with van der Waals surface area (Å²) in [5, 5.41) is 16.2. The number of aliphatic hydroxyl groups is 1. The molecule has 0 unspecified atom stereocenters. The SMILES string of the molecule is CCCCCNC(=O)[C@@H]1[C@H]2C=C[C@@H](CCC)[C@@H](C(=O)NC)[C@H]2C(=O)N1[C@@H](CO)Cc1ccccc1. The lowest BCUT2D eigenvalue weighted by Crippen LogP contribution is -2.53. The van der Waals surface area contributed by atoms with E-state index in [1.54, 1.807) is 11.9 Å². The zero-order valence-electron chi connectivity index (χ0n) is 21.3. The van der Waals surface area contributed by atoms with Crippen LogP contribution in [-0.4, -0.2) is 60.0 Å². The Hall–Kier alpha value is -2.67. The Morgan fingerprint density at radius 2 is 1.80 bits per heavy atom. The van der Waals surface area contributed by atoms with E-state index in [1.165, 1.54) is 0 Å². The lowest BCUT2D eigenvalue weighted by atomic mass is 9.68. The number of fused-ring (bicyclic) bond motifs is 1. The van der Waals surface area contributed by atoms with Crippen molar-refractivity contribution < 1.29 is 19.5 Å². The first kappa shape index (κ1) is 26.9. The van der Waals surface area contributed by atoms with Crippen molar-refractivity contribution in [1.82, 2.24) is 15.5 Å². The molecular formula is C28H41N3O4. The second-order valence-electron chi connectivity index (χ2n) is 9.80. The average molecular weight is 484 g/mol. The zero-order chi connectivity index (χ0) is 25.4. The van der Waals surface area contributed by atoms with E-state index >= 15 is 0 Å². The fourth-order valence-corrected chi connectivity index (χ4v) is 5.80. The summed E-state index contributed by atoms with van der Waals surface area (Å²) in [5.74, 6) is -2.19. The van der Waals surface area contributed by atoms with Crippen LogP contribution in [0.1, 0.15) is 51.5 Å². The first-order chi connectivity index (χ1) is 17.0. The standard InChI is InChI=1S/C28H41N3O4/c1-4-6-10-16-30-27(34)25-22-15-14-20(11-5-2)23(26(33)29-3)24(22)28(35)31(25)21(18-32)17-19-12-8-7-9-13-19/h7-9,12-15,20-25,32H,4-6,10-11,16-18H2,1-3H3,(H,29,33)(H,30,34)/t20-,21-,22+,23-,24+,25+/m1/s1. The van der Waals surface area contributed by atoms with Gasteiger partial charge in [-0.1, -0.05) is 75.6 Å². The molecule has 35 heavy (non-hydrogen) atoms. The fraction of sp³-hybridized carbons (Fsp3) is 0.607. The smallest absolute Gasteiger partial charge is 0.243 e. The predicted molar refractivity (Wildman–Crippen MR) is 136 cm³/mol. The number of hydrogen-bond donors (Lipinski definition) is 3.